The van der Waals surface area contributed by atoms with E-state index < -0.39 is 0 Å². The third-order valence-electron chi connectivity index (χ3n) is 5.51. The van der Waals surface area contributed by atoms with Crippen LogP contribution in [0.3, 0.4) is 0 Å². The molecule has 1 N–H and O–H groups in total. The number of amides is 1. The highest BCUT2D eigenvalue weighted by molar-refractivity contribution is 5.92. The molecule has 0 aliphatic heterocycles. The van der Waals surface area contributed by atoms with Gasteiger partial charge in [-0.3, -0.25) is 4.79 Å². The lowest BCUT2D eigenvalue weighted by molar-refractivity contribution is 0.0910. The van der Waals surface area contributed by atoms with Crippen molar-refractivity contribution in [3.05, 3.63) is 42.2 Å². The van der Waals surface area contributed by atoms with Gasteiger partial charge in [0, 0.05) is 6.04 Å². The average molecular weight is 310 g/mol. The molecule has 0 unspecified atom stereocenters. The van der Waals surface area contributed by atoms with Gasteiger partial charge in [0.05, 0.1) is 11.9 Å². The van der Waals surface area contributed by atoms with E-state index in [0.717, 1.165) is 17.5 Å². The fraction of sp³-hybridized carbons (Fsp3) is 0.500. The van der Waals surface area contributed by atoms with Crippen molar-refractivity contribution in [2.45, 2.75) is 38.6 Å². The summed E-state index contributed by atoms with van der Waals surface area (Å²) in [6.07, 6.45) is 6.88. The summed E-state index contributed by atoms with van der Waals surface area (Å²) >= 11 is 0. The first-order chi connectivity index (χ1) is 11.2. The fourth-order valence-corrected chi connectivity index (χ4v) is 4.35. The monoisotopic (exact) mass is 310 g/mol. The maximum Gasteiger partial charge on any atom is 0.273 e. The Morgan fingerprint density at radius 2 is 2.09 bits per heavy atom. The van der Waals surface area contributed by atoms with Crippen LogP contribution in [0, 0.1) is 17.8 Å². The predicted octanol–water partition coefficient (Wildman–Crippen LogP) is 2.82. The van der Waals surface area contributed by atoms with Crippen molar-refractivity contribution in [2.75, 3.05) is 0 Å². The molecule has 1 aromatic heterocycles. The Balaban J connectivity index is 1.42. The second-order valence-electron chi connectivity index (χ2n) is 6.96. The molecule has 4 atom stereocenters. The van der Waals surface area contributed by atoms with Gasteiger partial charge in [-0.05, 0) is 56.1 Å². The number of aromatic nitrogens is 3. The van der Waals surface area contributed by atoms with Crippen LogP contribution >= 0.6 is 0 Å². The molecule has 0 spiro atoms. The van der Waals surface area contributed by atoms with Gasteiger partial charge in [-0.2, -0.15) is 9.90 Å². The van der Waals surface area contributed by atoms with E-state index in [4.69, 9.17) is 0 Å². The first kappa shape index (κ1) is 14.4. The lowest BCUT2D eigenvalue weighted by Gasteiger charge is -2.28. The average Bonchev–Trinajstić information content (AvgIpc) is 3.31. The smallest absolute Gasteiger partial charge is 0.273 e. The van der Waals surface area contributed by atoms with Crippen LogP contribution in [-0.2, 0) is 0 Å². The van der Waals surface area contributed by atoms with Crippen LogP contribution in [0.2, 0.25) is 0 Å². The summed E-state index contributed by atoms with van der Waals surface area (Å²) in [5.74, 6) is 2.20. The van der Waals surface area contributed by atoms with Crippen molar-refractivity contribution in [3.8, 4) is 5.69 Å². The van der Waals surface area contributed by atoms with Gasteiger partial charge < -0.3 is 5.32 Å². The number of fused-ring (bicyclic) bond motifs is 2. The lowest BCUT2D eigenvalue weighted by atomic mass is 9.84. The first-order valence-electron chi connectivity index (χ1n) is 8.49. The maximum absolute atomic E-state index is 12.4. The summed E-state index contributed by atoms with van der Waals surface area (Å²) in [5.41, 5.74) is 1.23. The normalized spacial score (nSPS) is 27.1. The number of nitrogens with one attached hydrogen (secondary N) is 1. The second-order valence-corrected chi connectivity index (χ2v) is 6.96. The van der Waals surface area contributed by atoms with Crippen molar-refractivity contribution in [3.63, 3.8) is 0 Å². The minimum Gasteiger partial charge on any atom is -0.348 e. The van der Waals surface area contributed by atoms with E-state index >= 15 is 0 Å². The molecule has 4 rings (SSSR count). The fourth-order valence-electron chi connectivity index (χ4n) is 4.35. The summed E-state index contributed by atoms with van der Waals surface area (Å²) in [4.78, 5) is 13.9. The van der Waals surface area contributed by atoms with Crippen LogP contribution < -0.4 is 5.32 Å². The van der Waals surface area contributed by atoms with Gasteiger partial charge in [0.25, 0.3) is 5.91 Å². The first-order valence-corrected chi connectivity index (χ1v) is 8.49. The van der Waals surface area contributed by atoms with E-state index in [1.165, 1.54) is 36.7 Å². The molecule has 5 nitrogen and oxygen atoms in total. The van der Waals surface area contributed by atoms with Crippen LogP contribution in [0.1, 0.15) is 43.1 Å². The van der Waals surface area contributed by atoms with Gasteiger partial charge in [0.2, 0.25) is 0 Å². The van der Waals surface area contributed by atoms with Crippen LogP contribution in [0.4, 0.5) is 0 Å². The van der Waals surface area contributed by atoms with Gasteiger partial charge in [-0.25, -0.2) is 0 Å². The van der Waals surface area contributed by atoms with E-state index in [2.05, 4.69) is 22.4 Å². The van der Waals surface area contributed by atoms with Gasteiger partial charge in [-0.15, -0.1) is 5.10 Å². The topological polar surface area (TPSA) is 59.8 Å². The van der Waals surface area contributed by atoms with Gasteiger partial charge >= 0.3 is 0 Å². The molecule has 1 amide bonds. The highest BCUT2D eigenvalue weighted by atomic mass is 16.2. The van der Waals surface area contributed by atoms with Gasteiger partial charge in [0.1, 0.15) is 0 Å². The van der Waals surface area contributed by atoms with Gasteiger partial charge in [0.15, 0.2) is 5.69 Å². The number of hydrogen-bond donors (Lipinski definition) is 1. The SMILES string of the molecule is C[C@H](NC(=O)c1cnn(-c2ccccc2)n1)[C@H]1C[C@H]2CC[C@H]1C2. The Hall–Kier alpha value is -2.17. The number of carbonyl (C=O) groups excluding carboxylic acids is 1. The minimum atomic E-state index is -0.123. The van der Waals surface area contributed by atoms with Crippen LogP contribution in [-0.4, -0.2) is 26.9 Å². The molecule has 1 heterocycles. The summed E-state index contributed by atoms with van der Waals surface area (Å²) in [5, 5.41) is 11.6. The second kappa shape index (κ2) is 5.80. The highest BCUT2D eigenvalue weighted by Gasteiger charge is 2.42. The number of nitrogens with zero attached hydrogens (tertiary/aromatic N) is 3. The number of hydrogen-bond acceptors (Lipinski definition) is 3. The highest BCUT2D eigenvalue weighted by Crippen LogP contribution is 2.49. The summed E-state index contributed by atoms with van der Waals surface area (Å²) in [7, 11) is 0. The Morgan fingerprint density at radius 3 is 2.78 bits per heavy atom. The van der Waals surface area contributed by atoms with Crippen molar-refractivity contribution >= 4 is 5.91 Å². The Kier molecular flexibility index (Phi) is 3.63. The van der Waals surface area contributed by atoms with Crippen LogP contribution in [0.25, 0.3) is 5.69 Å². The van der Waals surface area contributed by atoms with E-state index in [1.807, 2.05) is 30.3 Å². The van der Waals surface area contributed by atoms with Gasteiger partial charge in [-0.1, -0.05) is 24.6 Å². The largest absolute Gasteiger partial charge is 0.348 e. The molecule has 23 heavy (non-hydrogen) atoms. The van der Waals surface area contributed by atoms with Crippen molar-refractivity contribution in [1.82, 2.24) is 20.3 Å². The maximum atomic E-state index is 12.4. The molecular weight excluding hydrogens is 288 g/mol. The zero-order chi connectivity index (χ0) is 15.8. The predicted molar refractivity (Wildman–Crippen MR) is 87.2 cm³/mol. The quantitative estimate of drug-likeness (QED) is 0.944. The number of para-hydroxylation sites is 1. The Morgan fingerprint density at radius 1 is 1.26 bits per heavy atom. The molecule has 0 saturated heterocycles. The molecule has 0 radical (unpaired) electrons. The van der Waals surface area contributed by atoms with Crippen LogP contribution in [0.5, 0.6) is 0 Å². The molecule has 2 aromatic rings. The molecule has 2 bridgehead atoms. The van der Waals surface area contributed by atoms with E-state index in [1.54, 1.807) is 0 Å². The molecule has 2 aliphatic rings. The molecule has 5 heteroatoms. The Bertz CT molecular complexity index is 696. The molecule has 1 aromatic carbocycles. The number of rotatable bonds is 4. The molecule has 2 aliphatic carbocycles. The van der Waals surface area contributed by atoms with E-state index in [0.29, 0.717) is 11.6 Å². The third kappa shape index (κ3) is 2.76. The number of benzene rings is 1. The zero-order valence-corrected chi connectivity index (χ0v) is 13.4. The standard InChI is InChI=1S/C18H22N4O/c1-12(16-10-13-7-8-14(16)9-13)20-18(23)17-11-19-22(21-17)15-5-3-2-4-6-15/h2-6,11-14,16H,7-10H2,1H3,(H,20,23)/t12-,13-,14-,16+/m0/s1. The molecule has 2 saturated carbocycles. The van der Waals surface area contributed by atoms with Crippen molar-refractivity contribution in [2.24, 2.45) is 17.8 Å². The van der Waals surface area contributed by atoms with E-state index in [9.17, 15) is 4.79 Å². The van der Waals surface area contributed by atoms with Crippen molar-refractivity contribution < 1.29 is 4.79 Å². The molecule has 120 valence electrons. The van der Waals surface area contributed by atoms with Crippen LogP contribution in [0.15, 0.2) is 36.5 Å². The summed E-state index contributed by atoms with van der Waals surface area (Å²) < 4.78 is 0. The Labute approximate surface area is 136 Å². The van der Waals surface area contributed by atoms with E-state index in [-0.39, 0.29) is 11.9 Å². The zero-order valence-electron chi connectivity index (χ0n) is 13.4. The third-order valence-corrected chi connectivity index (χ3v) is 5.51. The molecule has 2 fully saturated rings. The van der Waals surface area contributed by atoms with Crippen molar-refractivity contribution in [1.29, 1.82) is 0 Å². The summed E-state index contributed by atoms with van der Waals surface area (Å²) in [6.45, 7) is 2.13. The summed E-state index contributed by atoms with van der Waals surface area (Å²) in [6, 6.07) is 9.84. The molecular formula is C18H22N4O. The number of carbonyl (C=O) groups is 1. The minimum absolute atomic E-state index is 0.123. The lowest BCUT2D eigenvalue weighted by Crippen LogP contribution is -2.40.